The molecule has 2 aromatic carbocycles. The molecule has 0 aliphatic heterocycles. The van der Waals surface area contributed by atoms with Crippen LogP contribution in [0.4, 0.5) is 0 Å². The maximum absolute atomic E-state index is 4.00. The van der Waals surface area contributed by atoms with E-state index in [4.69, 9.17) is 0 Å². The molecule has 2 aromatic rings. The number of allylic oxidation sites excluding steroid dienone is 2. The van der Waals surface area contributed by atoms with Gasteiger partial charge in [-0.3, -0.25) is 0 Å². The number of hydrogen-bond acceptors (Lipinski definition) is 0. The Balaban J connectivity index is 2.38. The van der Waals surface area contributed by atoms with E-state index >= 15 is 0 Å². The fourth-order valence-corrected chi connectivity index (χ4v) is 1.90. The van der Waals surface area contributed by atoms with Gasteiger partial charge in [0, 0.05) is 12.0 Å². The third-order valence-corrected chi connectivity index (χ3v) is 2.81. The first-order chi connectivity index (χ1) is 9.25. The first kappa shape index (κ1) is 13.1. The van der Waals surface area contributed by atoms with Gasteiger partial charge in [0.2, 0.25) is 0 Å². The van der Waals surface area contributed by atoms with E-state index < -0.39 is 0 Å². The summed E-state index contributed by atoms with van der Waals surface area (Å²) in [6.45, 7) is 6.05. The molecule has 0 fully saturated rings. The Labute approximate surface area is 115 Å². The van der Waals surface area contributed by atoms with Crippen molar-refractivity contribution in [1.82, 2.24) is 0 Å². The normalized spacial score (nSPS) is 9.53. The van der Waals surface area contributed by atoms with E-state index in [0.29, 0.717) is 0 Å². The van der Waals surface area contributed by atoms with Gasteiger partial charge in [0.05, 0.1) is 0 Å². The van der Waals surface area contributed by atoms with Crippen LogP contribution in [0.2, 0.25) is 0 Å². The van der Waals surface area contributed by atoms with Crippen molar-refractivity contribution in [2.45, 2.75) is 13.3 Å². The van der Waals surface area contributed by atoms with Crippen LogP contribution in [-0.4, -0.2) is 0 Å². The summed E-state index contributed by atoms with van der Waals surface area (Å²) in [7, 11) is 0. The summed E-state index contributed by atoms with van der Waals surface area (Å²) >= 11 is 0. The topological polar surface area (TPSA) is 0 Å². The Kier molecular flexibility index (Phi) is 4.55. The van der Waals surface area contributed by atoms with E-state index in [1.165, 1.54) is 11.1 Å². The van der Waals surface area contributed by atoms with Crippen LogP contribution in [0.3, 0.4) is 0 Å². The standard InChI is InChI=1S/C19H18/c1-16(2)15-19(18-11-7-4-8-12-18)14-13-17-9-5-3-6-10-17/h3-13H,1,15H2,2H3. The van der Waals surface area contributed by atoms with Crippen molar-refractivity contribution in [2.24, 2.45) is 0 Å². The van der Waals surface area contributed by atoms with Gasteiger partial charge in [-0.25, -0.2) is 0 Å². The predicted octanol–water partition coefficient (Wildman–Crippen LogP) is 5.35. The lowest BCUT2D eigenvalue weighted by molar-refractivity contribution is 1.24. The maximum atomic E-state index is 4.00. The Morgan fingerprint density at radius 3 is 2.16 bits per heavy atom. The molecule has 0 saturated heterocycles. The molecule has 0 heterocycles. The third-order valence-electron chi connectivity index (χ3n) is 2.81. The molecule has 0 aliphatic carbocycles. The summed E-state index contributed by atoms with van der Waals surface area (Å²) in [6.07, 6.45) is 2.89. The van der Waals surface area contributed by atoms with Crippen molar-refractivity contribution in [2.75, 3.05) is 0 Å². The minimum Gasteiger partial charge on any atom is -0.116 e. The van der Waals surface area contributed by atoms with Gasteiger partial charge in [0.1, 0.15) is 0 Å². The van der Waals surface area contributed by atoms with Gasteiger partial charge in [-0.15, -0.1) is 5.73 Å². The Bertz CT molecular complexity index is 597. The molecule has 0 N–H and O–H groups in total. The summed E-state index contributed by atoms with van der Waals surface area (Å²) in [5.74, 6) is 0. The number of hydrogen-bond donors (Lipinski definition) is 0. The van der Waals surface area contributed by atoms with E-state index in [9.17, 15) is 0 Å². The number of rotatable bonds is 4. The second kappa shape index (κ2) is 6.58. The predicted molar refractivity (Wildman–Crippen MR) is 83.7 cm³/mol. The van der Waals surface area contributed by atoms with Crippen LogP contribution in [0.5, 0.6) is 0 Å². The highest BCUT2D eigenvalue weighted by molar-refractivity contribution is 5.70. The zero-order valence-electron chi connectivity index (χ0n) is 11.3. The van der Waals surface area contributed by atoms with Crippen molar-refractivity contribution < 1.29 is 0 Å². The Morgan fingerprint density at radius 1 is 1.00 bits per heavy atom. The molecule has 0 nitrogen and oxygen atoms in total. The fraction of sp³-hybridized carbons (Fsp3) is 0.105. The van der Waals surface area contributed by atoms with Crippen molar-refractivity contribution in [3.05, 3.63) is 89.7 Å². The van der Waals surface area contributed by atoms with E-state index in [1.54, 1.807) is 0 Å². The third kappa shape index (κ3) is 4.13. The zero-order valence-corrected chi connectivity index (χ0v) is 11.3. The molecule has 0 aromatic heterocycles. The lowest BCUT2D eigenvalue weighted by Gasteiger charge is -2.04. The zero-order chi connectivity index (χ0) is 13.5. The maximum Gasteiger partial charge on any atom is 0.00525 e. The van der Waals surface area contributed by atoms with Crippen molar-refractivity contribution in [3.8, 4) is 0 Å². The highest BCUT2D eigenvalue weighted by Gasteiger charge is 2.00. The van der Waals surface area contributed by atoms with E-state index in [0.717, 1.165) is 17.6 Å². The summed E-state index contributed by atoms with van der Waals surface area (Å²) in [5.41, 5.74) is 8.11. The minimum atomic E-state index is 0.855. The lowest BCUT2D eigenvalue weighted by atomic mass is 10.00. The second-order valence-corrected chi connectivity index (χ2v) is 4.68. The largest absolute Gasteiger partial charge is 0.116 e. The van der Waals surface area contributed by atoms with Gasteiger partial charge >= 0.3 is 0 Å². The Hall–Kier alpha value is -2.30. The molecule has 0 amide bonds. The molecule has 94 valence electrons. The van der Waals surface area contributed by atoms with Crippen LogP contribution in [-0.2, 0) is 0 Å². The molecular formula is C19H18. The highest BCUT2D eigenvalue weighted by atomic mass is 14.0. The van der Waals surface area contributed by atoms with Gasteiger partial charge in [0.15, 0.2) is 0 Å². The van der Waals surface area contributed by atoms with Crippen molar-refractivity contribution in [1.29, 1.82) is 0 Å². The molecule has 0 aliphatic rings. The quantitative estimate of drug-likeness (QED) is 0.504. The van der Waals surface area contributed by atoms with Gasteiger partial charge < -0.3 is 0 Å². The van der Waals surface area contributed by atoms with Crippen LogP contribution in [0.1, 0.15) is 24.5 Å². The SMILES string of the molecule is C=C(C)CC(=C=Cc1ccccc1)c1ccccc1. The molecule has 19 heavy (non-hydrogen) atoms. The minimum absolute atomic E-state index is 0.855. The van der Waals surface area contributed by atoms with Gasteiger partial charge in [-0.1, -0.05) is 72.8 Å². The monoisotopic (exact) mass is 246 g/mol. The van der Waals surface area contributed by atoms with E-state index in [-0.39, 0.29) is 0 Å². The van der Waals surface area contributed by atoms with Crippen LogP contribution >= 0.6 is 0 Å². The molecule has 0 spiro atoms. The lowest BCUT2D eigenvalue weighted by Crippen LogP contribution is -1.84. The van der Waals surface area contributed by atoms with Gasteiger partial charge in [-0.2, -0.15) is 0 Å². The second-order valence-electron chi connectivity index (χ2n) is 4.68. The van der Waals surface area contributed by atoms with E-state index in [1.807, 2.05) is 37.3 Å². The highest BCUT2D eigenvalue weighted by Crippen LogP contribution is 2.20. The smallest absolute Gasteiger partial charge is 0.00525 e. The summed E-state index contributed by atoms with van der Waals surface area (Å²) in [4.78, 5) is 0. The van der Waals surface area contributed by atoms with Gasteiger partial charge in [-0.05, 0) is 24.1 Å². The molecule has 0 saturated carbocycles. The molecular weight excluding hydrogens is 228 g/mol. The van der Waals surface area contributed by atoms with Crippen LogP contribution in [0.25, 0.3) is 11.6 Å². The molecule has 2 rings (SSSR count). The average molecular weight is 246 g/mol. The molecule has 0 atom stereocenters. The number of benzene rings is 2. The van der Waals surface area contributed by atoms with Crippen LogP contribution < -0.4 is 0 Å². The molecule has 0 bridgehead atoms. The summed E-state index contributed by atoms with van der Waals surface area (Å²) in [5, 5.41) is 0. The average Bonchev–Trinajstić information content (AvgIpc) is 2.45. The fourth-order valence-electron chi connectivity index (χ4n) is 1.90. The summed E-state index contributed by atoms with van der Waals surface area (Å²) < 4.78 is 0. The van der Waals surface area contributed by atoms with Crippen LogP contribution in [0.15, 0.2) is 78.5 Å². The molecule has 0 heteroatoms. The van der Waals surface area contributed by atoms with Crippen molar-refractivity contribution >= 4 is 11.6 Å². The first-order valence-corrected chi connectivity index (χ1v) is 6.46. The van der Waals surface area contributed by atoms with Crippen molar-refractivity contribution in [3.63, 3.8) is 0 Å². The molecule has 0 unspecified atom stereocenters. The van der Waals surface area contributed by atoms with E-state index in [2.05, 4.69) is 48.7 Å². The van der Waals surface area contributed by atoms with Gasteiger partial charge in [0.25, 0.3) is 0 Å². The summed E-state index contributed by atoms with van der Waals surface area (Å²) in [6, 6.07) is 20.6. The molecule has 0 radical (unpaired) electrons. The Morgan fingerprint density at radius 2 is 1.58 bits per heavy atom. The first-order valence-electron chi connectivity index (χ1n) is 6.46. The van der Waals surface area contributed by atoms with Crippen LogP contribution in [0, 0.1) is 0 Å².